The molecule has 0 N–H and O–H groups in total. The van der Waals surface area contributed by atoms with Crippen molar-refractivity contribution in [3.63, 3.8) is 0 Å². The molecule has 0 bridgehead atoms. The molecule has 6 aromatic rings. The van der Waals surface area contributed by atoms with Crippen molar-refractivity contribution in [3.8, 4) is 67.1 Å². The molecule has 14 heteroatoms. The maximum absolute atomic E-state index is 15.2. The topological polar surface area (TPSA) is 18.5 Å². The molecule has 0 radical (unpaired) electrons. The van der Waals surface area contributed by atoms with Crippen LogP contribution in [-0.2, 0) is 12.8 Å². The van der Waals surface area contributed by atoms with Gasteiger partial charge in [-0.05, 0) is 131 Å². The number of rotatable bonds is 15. The van der Waals surface area contributed by atoms with Gasteiger partial charge in [0.2, 0.25) is 0 Å². The molecular weight excluding hydrogens is 837 g/mol. The van der Waals surface area contributed by atoms with Gasteiger partial charge in [0.1, 0.15) is 11.5 Å². The minimum Gasteiger partial charge on any atom is -0.495 e. The first kappa shape index (κ1) is 45.6. The van der Waals surface area contributed by atoms with Gasteiger partial charge in [0, 0.05) is 22.3 Å². The first-order valence-electron chi connectivity index (χ1n) is 19.6. The Morgan fingerprint density at radius 3 is 0.806 bits per heavy atom. The van der Waals surface area contributed by atoms with Crippen molar-refractivity contribution in [1.82, 2.24) is 0 Å². The maximum Gasteiger partial charge on any atom is 0.194 e. The number of benzene rings is 6. The third-order valence-electron chi connectivity index (χ3n) is 10.7. The standard InChI is InChI=1S/C48H38F12O2/c1-5-7-9-11-27-29(23-13-33(49)43(57)34(50)14-23)21-31(25-17-37(53)45(59)38(54)18-25)47(61-3)41(27)42-28(12-10-8-6-2)30(24-15-35(51)44(58)36(52)16-24)22-32(48(42)62-4)26-19-39(55)46(60)40(56)20-26/h13-22H,5-12H2,1-4H3. The van der Waals surface area contributed by atoms with E-state index in [-0.39, 0.29) is 91.1 Å². The monoisotopic (exact) mass is 874 g/mol. The Morgan fingerprint density at radius 2 is 0.581 bits per heavy atom. The average Bonchev–Trinajstić information content (AvgIpc) is 3.24. The van der Waals surface area contributed by atoms with E-state index in [1.807, 2.05) is 13.8 Å². The first-order chi connectivity index (χ1) is 29.6. The van der Waals surface area contributed by atoms with E-state index in [9.17, 15) is 17.6 Å². The fourth-order valence-electron chi connectivity index (χ4n) is 7.77. The molecule has 6 rings (SSSR count). The molecule has 0 saturated heterocycles. The third kappa shape index (κ3) is 8.73. The quantitative estimate of drug-likeness (QED) is 0.0581. The molecule has 6 aromatic carbocycles. The molecule has 0 heterocycles. The number of halogens is 12. The van der Waals surface area contributed by atoms with Crippen molar-refractivity contribution >= 4 is 0 Å². The molecule has 0 spiro atoms. The Balaban J connectivity index is 1.95. The predicted octanol–water partition coefficient (Wildman–Crippen LogP) is 15.2. The molecule has 0 aliphatic carbocycles. The van der Waals surface area contributed by atoms with Crippen molar-refractivity contribution in [2.45, 2.75) is 65.2 Å². The SMILES string of the molecule is CCCCCc1c(-c2cc(F)c(F)c(F)c2)cc(-c2cc(F)c(F)c(F)c2)c(OC)c1-c1c(CCCCC)c(-c2cc(F)c(F)c(F)c2)cc(-c2cc(F)c(F)c(F)c2)c1OC. The Bertz CT molecular complexity index is 2400. The van der Waals surface area contributed by atoms with Crippen molar-refractivity contribution in [1.29, 1.82) is 0 Å². The minimum absolute atomic E-state index is 0.0241. The van der Waals surface area contributed by atoms with E-state index in [2.05, 4.69) is 0 Å². The van der Waals surface area contributed by atoms with Crippen LogP contribution in [0.4, 0.5) is 52.7 Å². The van der Waals surface area contributed by atoms with Gasteiger partial charge in [0.15, 0.2) is 69.8 Å². The van der Waals surface area contributed by atoms with Crippen LogP contribution in [0.5, 0.6) is 11.5 Å². The van der Waals surface area contributed by atoms with Gasteiger partial charge in [-0.1, -0.05) is 39.5 Å². The number of ether oxygens (including phenoxy) is 2. The van der Waals surface area contributed by atoms with Gasteiger partial charge in [-0.15, -0.1) is 0 Å². The first-order valence-corrected chi connectivity index (χ1v) is 19.6. The van der Waals surface area contributed by atoms with Crippen molar-refractivity contribution in [2.24, 2.45) is 0 Å². The molecule has 0 saturated carbocycles. The average molecular weight is 875 g/mol. The van der Waals surface area contributed by atoms with Gasteiger partial charge in [-0.25, -0.2) is 52.7 Å². The molecule has 0 atom stereocenters. The summed E-state index contributed by atoms with van der Waals surface area (Å²) in [5.41, 5.74) is -1.36. The fraction of sp³-hybridized carbons (Fsp3) is 0.250. The van der Waals surface area contributed by atoms with Gasteiger partial charge < -0.3 is 9.47 Å². The molecule has 326 valence electrons. The molecular formula is C48H38F12O2. The van der Waals surface area contributed by atoms with Crippen LogP contribution in [0.3, 0.4) is 0 Å². The Kier molecular flexibility index (Phi) is 14.0. The summed E-state index contributed by atoms with van der Waals surface area (Å²) in [6.07, 6.45) is 3.26. The Hall–Kier alpha value is -5.92. The number of unbranched alkanes of at least 4 members (excludes halogenated alkanes) is 4. The zero-order valence-electron chi connectivity index (χ0n) is 33.8. The summed E-state index contributed by atoms with van der Waals surface area (Å²) in [5, 5.41) is 0. The number of methoxy groups -OCH3 is 2. The van der Waals surface area contributed by atoms with Crippen LogP contribution in [0.25, 0.3) is 55.6 Å². The van der Waals surface area contributed by atoms with Crippen LogP contribution in [-0.4, -0.2) is 14.2 Å². The van der Waals surface area contributed by atoms with Crippen LogP contribution in [0.1, 0.15) is 63.5 Å². The largest absolute Gasteiger partial charge is 0.495 e. The second-order valence-electron chi connectivity index (χ2n) is 14.6. The molecule has 0 aliphatic heterocycles. The normalized spacial score (nSPS) is 11.4. The van der Waals surface area contributed by atoms with Gasteiger partial charge in [0.25, 0.3) is 0 Å². The van der Waals surface area contributed by atoms with Gasteiger partial charge >= 0.3 is 0 Å². The highest BCUT2D eigenvalue weighted by Gasteiger charge is 2.32. The molecule has 0 unspecified atom stereocenters. The molecule has 0 amide bonds. The fourth-order valence-corrected chi connectivity index (χ4v) is 7.77. The Morgan fingerprint density at radius 1 is 0.339 bits per heavy atom. The summed E-state index contributed by atoms with van der Waals surface area (Å²) in [6, 6.07) is 7.87. The zero-order valence-corrected chi connectivity index (χ0v) is 33.8. The van der Waals surface area contributed by atoms with Crippen molar-refractivity contribution in [3.05, 3.63) is 142 Å². The summed E-state index contributed by atoms with van der Waals surface area (Å²) in [7, 11) is 2.35. The second kappa shape index (κ2) is 19.0. The van der Waals surface area contributed by atoms with E-state index in [0.717, 1.165) is 0 Å². The van der Waals surface area contributed by atoms with E-state index in [4.69, 9.17) is 9.47 Å². The van der Waals surface area contributed by atoms with Gasteiger partial charge in [0.05, 0.1) is 14.2 Å². The van der Waals surface area contributed by atoms with Crippen LogP contribution < -0.4 is 9.47 Å². The van der Waals surface area contributed by atoms with Gasteiger partial charge in [-0.2, -0.15) is 0 Å². The number of hydrogen-bond donors (Lipinski definition) is 0. The highest BCUT2D eigenvalue weighted by molar-refractivity contribution is 5.99. The Labute approximate surface area is 349 Å². The number of hydrogen-bond acceptors (Lipinski definition) is 2. The van der Waals surface area contributed by atoms with Crippen molar-refractivity contribution < 1.29 is 62.2 Å². The minimum atomic E-state index is -1.82. The summed E-state index contributed by atoms with van der Waals surface area (Å²) in [5.74, 6) is -20.5. The lowest BCUT2D eigenvalue weighted by Crippen LogP contribution is -2.08. The van der Waals surface area contributed by atoms with E-state index in [0.29, 0.717) is 87.1 Å². The predicted molar refractivity (Wildman–Crippen MR) is 213 cm³/mol. The lowest BCUT2D eigenvalue weighted by atomic mass is 9.79. The molecule has 0 aliphatic rings. The highest BCUT2D eigenvalue weighted by Crippen LogP contribution is 2.55. The second-order valence-corrected chi connectivity index (χ2v) is 14.6. The van der Waals surface area contributed by atoms with E-state index in [1.54, 1.807) is 0 Å². The molecule has 62 heavy (non-hydrogen) atoms. The summed E-state index contributed by atoms with van der Waals surface area (Å²) in [4.78, 5) is 0. The molecule has 2 nitrogen and oxygen atoms in total. The smallest absolute Gasteiger partial charge is 0.194 e. The van der Waals surface area contributed by atoms with Gasteiger partial charge in [-0.3, -0.25) is 0 Å². The zero-order chi connectivity index (χ0) is 45.2. The molecule has 0 fully saturated rings. The third-order valence-corrected chi connectivity index (χ3v) is 10.7. The van der Waals surface area contributed by atoms with Crippen LogP contribution >= 0.6 is 0 Å². The molecule has 0 aromatic heterocycles. The lowest BCUT2D eigenvalue weighted by Gasteiger charge is -2.28. The lowest BCUT2D eigenvalue weighted by molar-refractivity contribution is 0.411. The highest BCUT2D eigenvalue weighted by atomic mass is 19.2. The van der Waals surface area contributed by atoms with Crippen LogP contribution in [0, 0.1) is 69.8 Å². The maximum atomic E-state index is 15.2. The van der Waals surface area contributed by atoms with Crippen LogP contribution in [0.2, 0.25) is 0 Å². The van der Waals surface area contributed by atoms with E-state index >= 15 is 35.1 Å². The van der Waals surface area contributed by atoms with Crippen molar-refractivity contribution in [2.75, 3.05) is 14.2 Å². The summed E-state index contributed by atoms with van der Waals surface area (Å²) < 4.78 is 191. The summed E-state index contributed by atoms with van der Waals surface area (Å²) in [6.45, 7) is 3.78. The summed E-state index contributed by atoms with van der Waals surface area (Å²) >= 11 is 0. The van der Waals surface area contributed by atoms with E-state index < -0.39 is 69.8 Å². The van der Waals surface area contributed by atoms with Crippen LogP contribution in [0.15, 0.2) is 60.7 Å². The van der Waals surface area contributed by atoms with E-state index in [1.165, 1.54) is 26.4 Å².